The van der Waals surface area contributed by atoms with Gasteiger partial charge in [-0.15, -0.1) is 0 Å². The third-order valence-corrected chi connectivity index (χ3v) is 4.43. The quantitative estimate of drug-likeness (QED) is 0.825. The lowest BCUT2D eigenvalue weighted by molar-refractivity contribution is 0.136. The van der Waals surface area contributed by atoms with Crippen LogP contribution in [0, 0.1) is 5.41 Å². The maximum absolute atomic E-state index is 5.90. The van der Waals surface area contributed by atoms with E-state index in [0.717, 1.165) is 31.1 Å². The molecule has 1 aromatic rings. The first-order chi connectivity index (χ1) is 9.78. The van der Waals surface area contributed by atoms with E-state index >= 15 is 0 Å². The van der Waals surface area contributed by atoms with Crippen molar-refractivity contribution in [3.8, 4) is 11.5 Å². The van der Waals surface area contributed by atoms with Gasteiger partial charge in [0.2, 0.25) is 0 Å². The van der Waals surface area contributed by atoms with Crippen LogP contribution in [0.25, 0.3) is 0 Å². The first kappa shape index (κ1) is 15.2. The SMILES string of the molecule is CNCC1(CCOc2ccc(OC)cc2)CCCCC1. The summed E-state index contributed by atoms with van der Waals surface area (Å²) in [7, 11) is 3.74. The summed E-state index contributed by atoms with van der Waals surface area (Å²) in [6, 6.07) is 7.84. The fraction of sp³-hybridized carbons (Fsp3) is 0.647. The number of nitrogens with one attached hydrogen (secondary N) is 1. The highest BCUT2D eigenvalue weighted by atomic mass is 16.5. The summed E-state index contributed by atoms with van der Waals surface area (Å²) in [4.78, 5) is 0. The van der Waals surface area contributed by atoms with E-state index in [0.29, 0.717) is 5.41 Å². The topological polar surface area (TPSA) is 30.5 Å². The molecule has 2 rings (SSSR count). The van der Waals surface area contributed by atoms with Crippen molar-refractivity contribution in [1.82, 2.24) is 5.32 Å². The van der Waals surface area contributed by atoms with Crippen LogP contribution < -0.4 is 14.8 Å². The third kappa shape index (κ3) is 4.14. The summed E-state index contributed by atoms with van der Waals surface area (Å²) in [5.41, 5.74) is 0.444. The van der Waals surface area contributed by atoms with Gasteiger partial charge >= 0.3 is 0 Å². The van der Waals surface area contributed by atoms with E-state index in [1.54, 1.807) is 7.11 Å². The zero-order valence-corrected chi connectivity index (χ0v) is 12.8. The molecule has 0 spiro atoms. The van der Waals surface area contributed by atoms with E-state index in [1.165, 1.54) is 32.1 Å². The van der Waals surface area contributed by atoms with Gasteiger partial charge in [-0.1, -0.05) is 19.3 Å². The van der Waals surface area contributed by atoms with E-state index < -0.39 is 0 Å². The highest BCUT2D eigenvalue weighted by molar-refractivity contribution is 5.31. The Hall–Kier alpha value is -1.22. The van der Waals surface area contributed by atoms with Crippen molar-refractivity contribution in [1.29, 1.82) is 0 Å². The molecule has 0 aliphatic heterocycles. The number of methoxy groups -OCH3 is 1. The van der Waals surface area contributed by atoms with Crippen LogP contribution in [0.4, 0.5) is 0 Å². The van der Waals surface area contributed by atoms with E-state index in [-0.39, 0.29) is 0 Å². The lowest BCUT2D eigenvalue weighted by Gasteiger charge is -2.37. The van der Waals surface area contributed by atoms with Crippen molar-refractivity contribution in [2.24, 2.45) is 5.41 Å². The molecule has 0 unspecified atom stereocenters. The number of ether oxygens (including phenoxy) is 2. The molecule has 1 aromatic carbocycles. The fourth-order valence-electron chi connectivity index (χ4n) is 3.25. The Morgan fingerprint density at radius 2 is 1.70 bits per heavy atom. The molecule has 3 nitrogen and oxygen atoms in total. The molecule has 1 N–H and O–H groups in total. The van der Waals surface area contributed by atoms with E-state index in [9.17, 15) is 0 Å². The van der Waals surface area contributed by atoms with Gasteiger partial charge < -0.3 is 14.8 Å². The second-order valence-electron chi connectivity index (χ2n) is 5.86. The largest absolute Gasteiger partial charge is 0.497 e. The maximum Gasteiger partial charge on any atom is 0.119 e. The highest BCUT2D eigenvalue weighted by Gasteiger charge is 2.31. The predicted molar refractivity (Wildman–Crippen MR) is 82.6 cm³/mol. The van der Waals surface area contributed by atoms with Crippen molar-refractivity contribution in [3.05, 3.63) is 24.3 Å². The van der Waals surface area contributed by atoms with Gasteiger partial charge in [-0.25, -0.2) is 0 Å². The second-order valence-corrected chi connectivity index (χ2v) is 5.86. The summed E-state index contributed by atoms with van der Waals surface area (Å²) < 4.78 is 11.0. The molecule has 0 atom stereocenters. The Morgan fingerprint density at radius 3 is 2.30 bits per heavy atom. The Morgan fingerprint density at radius 1 is 1.05 bits per heavy atom. The molecule has 20 heavy (non-hydrogen) atoms. The van der Waals surface area contributed by atoms with Crippen LogP contribution >= 0.6 is 0 Å². The lowest BCUT2D eigenvalue weighted by atomic mass is 9.72. The summed E-state index contributed by atoms with van der Waals surface area (Å²) in [6.45, 7) is 1.91. The zero-order valence-electron chi connectivity index (χ0n) is 12.8. The van der Waals surface area contributed by atoms with Gasteiger partial charge in [-0.05, 0) is 56.0 Å². The number of benzene rings is 1. The average Bonchev–Trinajstić information content (AvgIpc) is 2.49. The van der Waals surface area contributed by atoms with Crippen molar-refractivity contribution in [3.63, 3.8) is 0 Å². The Balaban J connectivity index is 1.82. The van der Waals surface area contributed by atoms with Crippen LogP contribution in [-0.4, -0.2) is 27.3 Å². The molecular weight excluding hydrogens is 250 g/mol. The van der Waals surface area contributed by atoms with E-state index in [4.69, 9.17) is 9.47 Å². The molecule has 1 aliphatic carbocycles. The fourth-order valence-corrected chi connectivity index (χ4v) is 3.25. The normalized spacial score (nSPS) is 17.7. The van der Waals surface area contributed by atoms with Gasteiger partial charge in [0.1, 0.15) is 11.5 Å². The van der Waals surface area contributed by atoms with E-state index in [2.05, 4.69) is 12.4 Å². The van der Waals surface area contributed by atoms with Crippen LogP contribution in [0.2, 0.25) is 0 Å². The molecule has 1 fully saturated rings. The Labute approximate surface area is 122 Å². The summed E-state index contributed by atoms with van der Waals surface area (Å²) in [5.74, 6) is 1.80. The van der Waals surface area contributed by atoms with Crippen molar-refractivity contribution < 1.29 is 9.47 Å². The lowest BCUT2D eigenvalue weighted by Crippen LogP contribution is -2.36. The molecule has 0 saturated heterocycles. The molecule has 0 radical (unpaired) electrons. The second kappa shape index (κ2) is 7.53. The summed E-state index contributed by atoms with van der Waals surface area (Å²) in [6.07, 6.45) is 7.93. The van der Waals surface area contributed by atoms with Crippen LogP contribution in [0.5, 0.6) is 11.5 Å². The van der Waals surface area contributed by atoms with Gasteiger partial charge in [0.15, 0.2) is 0 Å². The maximum atomic E-state index is 5.90. The summed E-state index contributed by atoms with van der Waals surface area (Å²) >= 11 is 0. The third-order valence-electron chi connectivity index (χ3n) is 4.43. The Kier molecular flexibility index (Phi) is 5.72. The first-order valence-electron chi connectivity index (χ1n) is 7.69. The Bertz CT molecular complexity index is 377. The van der Waals surface area contributed by atoms with Crippen LogP contribution in [0.1, 0.15) is 38.5 Å². The zero-order chi connectivity index (χ0) is 14.3. The van der Waals surface area contributed by atoms with Gasteiger partial charge in [0.25, 0.3) is 0 Å². The number of hydrogen-bond acceptors (Lipinski definition) is 3. The van der Waals surface area contributed by atoms with Gasteiger partial charge in [-0.3, -0.25) is 0 Å². The molecule has 1 aliphatic rings. The average molecular weight is 277 g/mol. The first-order valence-corrected chi connectivity index (χ1v) is 7.69. The van der Waals surface area contributed by atoms with Crippen LogP contribution in [-0.2, 0) is 0 Å². The predicted octanol–water partition coefficient (Wildman–Crippen LogP) is 3.63. The number of rotatable bonds is 7. The monoisotopic (exact) mass is 277 g/mol. The van der Waals surface area contributed by atoms with Gasteiger partial charge in [0, 0.05) is 6.54 Å². The highest BCUT2D eigenvalue weighted by Crippen LogP contribution is 2.38. The van der Waals surface area contributed by atoms with Crippen molar-refractivity contribution in [2.45, 2.75) is 38.5 Å². The summed E-state index contributed by atoms with van der Waals surface area (Å²) in [5, 5.41) is 3.37. The molecule has 0 aromatic heterocycles. The molecule has 112 valence electrons. The van der Waals surface area contributed by atoms with Crippen molar-refractivity contribution >= 4 is 0 Å². The van der Waals surface area contributed by atoms with Gasteiger partial charge in [-0.2, -0.15) is 0 Å². The molecule has 0 bridgehead atoms. The van der Waals surface area contributed by atoms with Crippen LogP contribution in [0.3, 0.4) is 0 Å². The standard InChI is InChI=1S/C17H27NO2/c1-18-14-17(10-4-3-5-11-17)12-13-20-16-8-6-15(19-2)7-9-16/h6-9,18H,3-5,10-14H2,1-2H3. The minimum atomic E-state index is 0.444. The molecule has 0 heterocycles. The molecule has 3 heteroatoms. The molecule has 1 saturated carbocycles. The van der Waals surface area contributed by atoms with E-state index in [1.807, 2.05) is 24.3 Å². The molecule has 0 amide bonds. The van der Waals surface area contributed by atoms with Crippen molar-refractivity contribution in [2.75, 3.05) is 27.3 Å². The smallest absolute Gasteiger partial charge is 0.119 e. The molecular formula is C17H27NO2. The number of hydrogen-bond donors (Lipinski definition) is 1. The minimum absolute atomic E-state index is 0.444. The van der Waals surface area contributed by atoms with Crippen LogP contribution in [0.15, 0.2) is 24.3 Å². The van der Waals surface area contributed by atoms with Gasteiger partial charge in [0.05, 0.1) is 13.7 Å². The minimum Gasteiger partial charge on any atom is -0.497 e.